The Morgan fingerprint density at radius 1 is 1.38 bits per heavy atom. The van der Waals surface area contributed by atoms with Gasteiger partial charge in [-0.05, 0) is 38.5 Å². The molecule has 1 atom stereocenters. The Morgan fingerprint density at radius 3 is 2.88 bits per heavy atom. The van der Waals surface area contributed by atoms with E-state index in [1.165, 1.54) is 0 Å². The Labute approximate surface area is 106 Å². The summed E-state index contributed by atoms with van der Waals surface area (Å²) in [5.41, 5.74) is 0. The Bertz CT molecular complexity index is 211. The first-order chi connectivity index (χ1) is 7.79. The van der Waals surface area contributed by atoms with Gasteiger partial charge in [-0.25, -0.2) is 0 Å². The molecule has 1 aliphatic heterocycles. The maximum absolute atomic E-state index is 11.9. The molecule has 0 radical (unpaired) electrons. The zero-order valence-electron chi connectivity index (χ0n) is 9.83. The molecule has 1 fully saturated rings. The standard InChI is InChI=1S/C12H22BrNO2/c13-8-2-1-7-12(16)14-9-3-5-11(14)6-4-10-15/h11,15H,1-10H2. The molecule has 3 nitrogen and oxygen atoms in total. The molecule has 1 heterocycles. The van der Waals surface area contributed by atoms with E-state index in [-0.39, 0.29) is 6.61 Å². The maximum atomic E-state index is 11.9. The van der Waals surface area contributed by atoms with Crippen molar-refractivity contribution in [3.8, 4) is 0 Å². The number of unbranched alkanes of at least 4 members (excludes halogenated alkanes) is 1. The summed E-state index contributed by atoms with van der Waals surface area (Å²) in [5, 5.41) is 9.80. The van der Waals surface area contributed by atoms with Gasteiger partial charge in [0.2, 0.25) is 5.91 Å². The third-order valence-corrected chi connectivity index (χ3v) is 3.73. The number of hydrogen-bond donors (Lipinski definition) is 1. The van der Waals surface area contributed by atoms with Gasteiger partial charge < -0.3 is 10.0 Å². The van der Waals surface area contributed by atoms with Crippen LogP contribution in [0.2, 0.25) is 0 Å². The predicted octanol–water partition coefficient (Wildman–Crippen LogP) is 2.32. The number of halogens is 1. The average molecular weight is 292 g/mol. The molecule has 1 unspecified atom stereocenters. The van der Waals surface area contributed by atoms with Gasteiger partial charge in [0.25, 0.3) is 0 Å². The molecule has 0 aromatic heterocycles. The molecule has 0 saturated carbocycles. The van der Waals surface area contributed by atoms with Crippen LogP contribution in [0.4, 0.5) is 0 Å². The lowest BCUT2D eigenvalue weighted by atomic mass is 10.1. The van der Waals surface area contributed by atoms with E-state index in [1.807, 2.05) is 4.90 Å². The molecule has 0 spiro atoms. The van der Waals surface area contributed by atoms with Gasteiger partial charge >= 0.3 is 0 Å². The molecule has 94 valence electrons. The second-order valence-corrected chi connectivity index (χ2v) is 5.19. The highest BCUT2D eigenvalue weighted by Gasteiger charge is 2.27. The fourth-order valence-corrected chi connectivity index (χ4v) is 2.70. The quantitative estimate of drug-likeness (QED) is 0.578. The molecule has 0 bridgehead atoms. The molecule has 0 aromatic rings. The van der Waals surface area contributed by atoms with E-state index in [4.69, 9.17) is 5.11 Å². The summed E-state index contributed by atoms with van der Waals surface area (Å²) in [4.78, 5) is 14.0. The Morgan fingerprint density at radius 2 is 2.19 bits per heavy atom. The van der Waals surface area contributed by atoms with Crippen LogP contribution in [-0.4, -0.2) is 40.4 Å². The van der Waals surface area contributed by atoms with Crippen LogP contribution in [-0.2, 0) is 4.79 Å². The van der Waals surface area contributed by atoms with Crippen LogP contribution in [0.3, 0.4) is 0 Å². The summed E-state index contributed by atoms with van der Waals surface area (Å²) in [6.45, 7) is 1.16. The highest BCUT2D eigenvalue weighted by Crippen LogP contribution is 2.22. The fourth-order valence-electron chi connectivity index (χ4n) is 2.31. The molecular formula is C12H22BrNO2. The van der Waals surface area contributed by atoms with Crippen LogP contribution in [0.25, 0.3) is 0 Å². The van der Waals surface area contributed by atoms with Crippen molar-refractivity contribution in [3.63, 3.8) is 0 Å². The zero-order chi connectivity index (χ0) is 11.8. The first-order valence-corrected chi connectivity index (χ1v) is 7.38. The van der Waals surface area contributed by atoms with E-state index < -0.39 is 0 Å². The molecule has 1 aliphatic rings. The third-order valence-electron chi connectivity index (χ3n) is 3.17. The molecule has 0 aromatic carbocycles. The first-order valence-electron chi connectivity index (χ1n) is 6.26. The highest BCUT2D eigenvalue weighted by atomic mass is 79.9. The van der Waals surface area contributed by atoms with Crippen LogP contribution >= 0.6 is 15.9 Å². The van der Waals surface area contributed by atoms with E-state index in [1.54, 1.807) is 0 Å². The molecule has 1 amide bonds. The number of alkyl halides is 1. The number of rotatable bonds is 7. The van der Waals surface area contributed by atoms with Crippen molar-refractivity contribution in [2.24, 2.45) is 0 Å². The van der Waals surface area contributed by atoms with E-state index in [9.17, 15) is 4.79 Å². The van der Waals surface area contributed by atoms with Gasteiger partial charge in [0.15, 0.2) is 0 Å². The lowest BCUT2D eigenvalue weighted by molar-refractivity contribution is -0.132. The molecule has 0 aliphatic carbocycles. The summed E-state index contributed by atoms with van der Waals surface area (Å²) in [5.74, 6) is 0.307. The SMILES string of the molecule is O=C(CCCCBr)N1CCCC1CCCO. The van der Waals surface area contributed by atoms with E-state index in [0.717, 1.165) is 50.4 Å². The number of nitrogens with zero attached hydrogens (tertiary/aromatic N) is 1. The zero-order valence-corrected chi connectivity index (χ0v) is 11.4. The smallest absolute Gasteiger partial charge is 0.222 e. The van der Waals surface area contributed by atoms with Crippen molar-refractivity contribution >= 4 is 21.8 Å². The van der Waals surface area contributed by atoms with Crippen LogP contribution in [0.1, 0.15) is 44.9 Å². The second-order valence-electron chi connectivity index (χ2n) is 4.40. The van der Waals surface area contributed by atoms with Crippen molar-refractivity contribution in [1.82, 2.24) is 4.90 Å². The molecule has 16 heavy (non-hydrogen) atoms. The topological polar surface area (TPSA) is 40.5 Å². The minimum absolute atomic E-state index is 0.238. The molecule has 1 saturated heterocycles. The second kappa shape index (κ2) is 8.07. The van der Waals surface area contributed by atoms with Crippen LogP contribution < -0.4 is 0 Å². The molecule has 1 rings (SSSR count). The monoisotopic (exact) mass is 291 g/mol. The number of likely N-dealkylation sites (tertiary alicyclic amines) is 1. The summed E-state index contributed by atoms with van der Waals surface area (Å²) >= 11 is 3.38. The van der Waals surface area contributed by atoms with Crippen molar-refractivity contribution in [2.75, 3.05) is 18.5 Å². The van der Waals surface area contributed by atoms with E-state index in [2.05, 4.69) is 15.9 Å². The maximum Gasteiger partial charge on any atom is 0.222 e. The van der Waals surface area contributed by atoms with Gasteiger partial charge in [-0.3, -0.25) is 4.79 Å². The van der Waals surface area contributed by atoms with E-state index >= 15 is 0 Å². The van der Waals surface area contributed by atoms with Crippen molar-refractivity contribution in [3.05, 3.63) is 0 Å². The molecule has 1 N–H and O–H groups in total. The van der Waals surface area contributed by atoms with Crippen LogP contribution in [0, 0.1) is 0 Å². The summed E-state index contributed by atoms with van der Waals surface area (Å²) in [6, 6.07) is 0.392. The number of amides is 1. The Hall–Kier alpha value is -0.0900. The fraction of sp³-hybridized carbons (Fsp3) is 0.917. The predicted molar refractivity (Wildman–Crippen MR) is 68.7 cm³/mol. The van der Waals surface area contributed by atoms with Gasteiger partial charge in [-0.15, -0.1) is 0 Å². The van der Waals surface area contributed by atoms with Gasteiger partial charge in [-0.2, -0.15) is 0 Å². The summed E-state index contributed by atoms with van der Waals surface area (Å²) < 4.78 is 0. The van der Waals surface area contributed by atoms with Gasteiger partial charge in [-0.1, -0.05) is 15.9 Å². The van der Waals surface area contributed by atoms with Crippen LogP contribution in [0.5, 0.6) is 0 Å². The van der Waals surface area contributed by atoms with Crippen LogP contribution in [0.15, 0.2) is 0 Å². The number of hydrogen-bond acceptors (Lipinski definition) is 2. The van der Waals surface area contributed by atoms with Crippen molar-refractivity contribution < 1.29 is 9.90 Å². The molecule has 4 heteroatoms. The average Bonchev–Trinajstić information content (AvgIpc) is 2.74. The summed E-state index contributed by atoms with van der Waals surface area (Å²) in [7, 11) is 0. The largest absolute Gasteiger partial charge is 0.396 e. The van der Waals surface area contributed by atoms with E-state index in [0.29, 0.717) is 18.4 Å². The lowest BCUT2D eigenvalue weighted by Gasteiger charge is -2.24. The minimum Gasteiger partial charge on any atom is -0.396 e. The number of aliphatic hydroxyl groups excluding tert-OH is 1. The number of carbonyl (C=O) groups is 1. The summed E-state index contributed by atoms with van der Waals surface area (Å²) in [6.07, 6.45) is 6.75. The molecular weight excluding hydrogens is 270 g/mol. The minimum atomic E-state index is 0.238. The Kier molecular flexibility index (Phi) is 7.05. The Balaban J connectivity index is 2.29. The van der Waals surface area contributed by atoms with Gasteiger partial charge in [0.1, 0.15) is 0 Å². The first kappa shape index (κ1) is 14.0. The third kappa shape index (κ3) is 4.42. The number of aliphatic hydroxyl groups is 1. The van der Waals surface area contributed by atoms with Gasteiger partial charge in [0, 0.05) is 30.9 Å². The number of carbonyl (C=O) groups excluding carboxylic acids is 1. The lowest BCUT2D eigenvalue weighted by Crippen LogP contribution is -2.35. The van der Waals surface area contributed by atoms with Crippen molar-refractivity contribution in [2.45, 2.75) is 51.0 Å². The van der Waals surface area contributed by atoms with Crippen molar-refractivity contribution in [1.29, 1.82) is 0 Å². The normalized spacial score (nSPS) is 20.4. The van der Waals surface area contributed by atoms with Gasteiger partial charge in [0.05, 0.1) is 0 Å². The highest BCUT2D eigenvalue weighted by molar-refractivity contribution is 9.09.